The van der Waals surface area contributed by atoms with Crippen molar-refractivity contribution in [3.63, 3.8) is 0 Å². The van der Waals surface area contributed by atoms with Gasteiger partial charge in [-0.1, -0.05) is 13.0 Å². The summed E-state index contributed by atoms with van der Waals surface area (Å²) in [4.78, 5) is 0. The van der Waals surface area contributed by atoms with Gasteiger partial charge in [-0.15, -0.1) is 0 Å². The zero-order chi connectivity index (χ0) is 9.14. The Morgan fingerprint density at radius 2 is 2.08 bits per heavy atom. The summed E-state index contributed by atoms with van der Waals surface area (Å²) in [6.45, 7) is 1.51. The molecule has 0 aliphatic heterocycles. The number of hydrogen-bond acceptors (Lipinski definition) is 2. The molecule has 0 atom stereocenters. The predicted molar refractivity (Wildman–Crippen MR) is 43.4 cm³/mol. The van der Waals surface area contributed by atoms with Crippen LogP contribution in [0.25, 0.3) is 0 Å². The first-order chi connectivity index (χ1) is 5.69. The molecule has 0 aliphatic rings. The molecule has 0 unspecified atom stereocenters. The second kappa shape index (κ2) is 3.54. The maximum atomic E-state index is 12.9. The molecule has 0 saturated carbocycles. The molecule has 0 saturated heterocycles. The van der Waals surface area contributed by atoms with E-state index in [1.54, 1.807) is 6.07 Å². The van der Waals surface area contributed by atoms with Gasteiger partial charge in [-0.3, -0.25) is 0 Å². The molecule has 0 bridgehead atoms. The number of aryl methyl sites for hydroxylation is 1. The van der Waals surface area contributed by atoms with E-state index in [1.807, 2.05) is 6.92 Å². The summed E-state index contributed by atoms with van der Waals surface area (Å²) in [6.07, 6.45) is 0.709. The summed E-state index contributed by atoms with van der Waals surface area (Å²) in [5.74, 6) is -1.12. The summed E-state index contributed by atoms with van der Waals surface area (Å²) in [6, 6.07) is 2.92. The molecule has 2 nitrogen and oxygen atoms in total. The Morgan fingerprint density at radius 1 is 1.42 bits per heavy atom. The van der Waals surface area contributed by atoms with Gasteiger partial charge < -0.3 is 10.2 Å². The topological polar surface area (TPSA) is 40.5 Å². The lowest BCUT2D eigenvalue weighted by atomic mass is 10.1. The molecule has 1 rings (SSSR count). The van der Waals surface area contributed by atoms with Gasteiger partial charge in [0.2, 0.25) is 0 Å². The van der Waals surface area contributed by atoms with Crippen LogP contribution >= 0.6 is 0 Å². The van der Waals surface area contributed by atoms with Gasteiger partial charge in [-0.25, -0.2) is 4.39 Å². The van der Waals surface area contributed by atoms with Crippen molar-refractivity contribution in [2.24, 2.45) is 0 Å². The maximum Gasteiger partial charge on any atom is 0.170 e. The summed E-state index contributed by atoms with van der Waals surface area (Å²) in [5.41, 5.74) is 0.963. The monoisotopic (exact) mass is 170 g/mol. The smallest absolute Gasteiger partial charge is 0.170 e. The number of aliphatic hydroxyl groups is 1. The molecule has 66 valence electrons. The third kappa shape index (κ3) is 1.56. The van der Waals surface area contributed by atoms with Crippen LogP contribution in [0.2, 0.25) is 0 Å². The lowest BCUT2D eigenvalue weighted by Crippen LogP contribution is -1.93. The second-order valence-electron chi connectivity index (χ2n) is 2.60. The first-order valence-electron chi connectivity index (χ1n) is 3.80. The molecule has 0 heterocycles. The SMILES string of the molecule is CCc1cc(O)c(F)c(CO)c1. The van der Waals surface area contributed by atoms with Crippen LogP contribution in [0, 0.1) is 5.82 Å². The third-order valence-electron chi connectivity index (χ3n) is 1.77. The van der Waals surface area contributed by atoms with Gasteiger partial charge in [0.15, 0.2) is 11.6 Å². The maximum absolute atomic E-state index is 12.9. The average molecular weight is 170 g/mol. The Hall–Kier alpha value is -1.09. The number of hydrogen-bond donors (Lipinski definition) is 2. The fourth-order valence-electron chi connectivity index (χ4n) is 1.05. The highest BCUT2D eigenvalue weighted by Gasteiger charge is 2.07. The Kier molecular flexibility index (Phi) is 2.65. The van der Waals surface area contributed by atoms with E-state index in [9.17, 15) is 4.39 Å². The quantitative estimate of drug-likeness (QED) is 0.707. The normalized spacial score (nSPS) is 10.2. The van der Waals surface area contributed by atoms with Gasteiger partial charge in [0.05, 0.1) is 6.61 Å². The van der Waals surface area contributed by atoms with E-state index < -0.39 is 11.6 Å². The van der Waals surface area contributed by atoms with Crippen LogP contribution in [0.3, 0.4) is 0 Å². The summed E-state index contributed by atoms with van der Waals surface area (Å²) >= 11 is 0. The number of rotatable bonds is 2. The van der Waals surface area contributed by atoms with E-state index in [4.69, 9.17) is 10.2 Å². The molecule has 0 aromatic heterocycles. The molecule has 0 fully saturated rings. The van der Waals surface area contributed by atoms with Crippen molar-refractivity contribution in [1.29, 1.82) is 0 Å². The molecular formula is C9H11FO2. The first kappa shape index (κ1) is 9.00. The van der Waals surface area contributed by atoms with Crippen molar-refractivity contribution < 1.29 is 14.6 Å². The van der Waals surface area contributed by atoms with Crippen molar-refractivity contribution in [3.05, 3.63) is 29.1 Å². The van der Waals surface area contributed by atoms with Gasteiger partial charge in [-0.2, -0.15) is 0 Å². The minimum Gasteiger partial charge on any atom is -0.505 e. The summed E-state index contributed by atoms with van der Waals surface area (Å²) in [7, 11) is 0. The largest absolute Gasteiger partial charge is 0.505 e. The number of aliphatic hydroxyl groups excluding tert-OH is 1. The highest BCUT2D eigenvalue weighted by Crippen LogP contribution is 2.21. The fraction of sp³-hybridized carbons (Fsp3) is 0.333. The van der Waals surface area contributed by atoms with Crippen LogP contribution in [0.5, 0.6) is 5.75 Å². The first-order valence-corrected chi connectivity index (χ1v) is 3.80. The second-order valence-corrected chi connectivity index (χ2v) is 2.60. The predicted octanol–water partition coefficient (Wildman–Crippen LogP) is 1.59. The van der Waals surface area contributed by atoms with Gasteiger partial charge in [0.25, 0.3) is 0 Å². The van der Waals surface area contributed by atoms with Crippen LogP contribution in [0.4, 0.5) is 4.39 Å². The van der Waals surface area contributed by atoms with Gasteiger partial charge in [0.1, 0.15) is 0 Å². The van der Waals surface area contributed by atoms with E-state index in [0.717, 1.165) is 5.56 Å². The Morgan fingerprint density at radius 3 is 2.58 bits per heavy atom. The number of phenols is 1. The molecule has 3 heteroatoms. The van der Waals surface area contributed by atoms with E-state index in [2.05, 4.69) is 0 Å². The lowest BCUT2D eigenvalue weighted by molar-refractivity contribution is 0.273. The average Bonchev–Trinajstić information content (AvgIpc) is 2.09. The summed E-state index contributed by atoms with van der Waals surface area (Å²) < 4.78 is 12.9. The van der Waals surface area contributed by atoms with E-state index in [1.165, 1.54) is 6.07 Å². The minimum atomic E-state index is -0.727. The van der Waals surface area contributed by atoms with Gasteiger partial charge in [-0.05, 0) is 18.1 Å². The Bertz CT molecular complexity index is 284. The van der Waals surface area contributed by atoms with Crippen LogP contribution in [0.15, 0.2) is 12.1 Å². The zero-order valence-corrected chi connectivity index (χ0v) is 6.84. The van der Waals surface area contributed by atoms with Crippen LogP contribution < -0.4 is 0 Å². The zero-order valence-electron chi connectivity index (χ0n) is 6.84. The summed E-state index contributed by atoms with van der Waals surface area (Å²) in [5, 5.41) is 17.8. The number of aromatic hydroxyl groups is 1. The van der Waals surface area contributed by atoms with Gasteiger partial charge >= 0.3 is 0 Å². The van der Waals surface area contributed by atoms with Crippen LogP contribution in [-0.2, 0) is 13.0 Å². The van der Waals surface area contributed by atoms with Crippen molar-refractivity contribution in [3.8, 4) is 5.75 Å². The molecule has 2 N–H and O–H groups in total. The molecule has 0 aliphatic carbocycles. The molecule has 1 aromatic carbocycles. The Labute approximate surface area is 70.3 Å². The molecule has 0 radical (unpaired) electrons. The number of halogens is 1. The third-order valence-corrected chi connectivity index (χ3v) is 1.77. The van der Waals surface area contributed by atoms with E-state index in [-0.39, 0.29) is 12.2 Å². The van der Waals surface area contributed by atoms with Gasteiger partial charge in [0, 0.05) is 5.56 Å². The lowest BCUT2D eigenvalue weighted by Gasteiger charge is -2.04. The highest BCUT2D eigenvalue weighted by atomic mass is 19.1. The van der Waals surface area contributed by atoms with Crippen LogP contribution in [-0.4, -0.2) is 10.2 Å². The van der Waals surface area contributed by atoms with E-state index >= 15 is 0 Å². The highest BCUT2D eigenvalue weighted by molar-refractivity contribution is 5.35. The van der Waals surface area contributed by atoms with Crippen molar-refractivity contribution >= 4 is 0 Å². The molecule has 1 aromatic rings. The fourth-order valence-corrected chi connectivity index (χ4v) is 1.05. The molecule has 0 amide bonds. The standard InChI is InChI=1S/C9H11FO2/c1-2-6-3-7(5-11)9(10)8(12)4-6/h3-4,11-12H,2,5H2,1H3. The van der Waals surface area contributed by atoms with E-state index in [0.29, 0.717) is 6.42 Å². The Balaban J connectivity index is 3.19. The molecule has 0 spiro atoms. The number of benzene rings is 1. The van der Waals surface area contributed by atoms with Crippen molar-refractivity contribution in [2.75, 3.05) is 0 Å². The molecule has 12 heavy (non-hydrogen) atoms. The van der Waals surface area contributed by atoms with Crippen LogP contribution in [0.1, 0.15) is 18.1 Å². The molecular weight excluding hydrogens is 159 g/mol. The minimum absolute atomic E-state index is 0.145. The van der Waals surface area contributed by atoms with Crippen molar-refractivity contribution in [1.82, 2.24) is 0 Å². The van der Waals surface area contributed by atoms with Crippen molar-refractivity contribution in [2.45, 2.75) is 20.0 Å². The number of phenolic OH excluding ortho intramolecular Hbond substituents is 1.